The molecule has 9 heteroatoms. The van der Waals surface area contributed by atoms with Gasteiger partial charge in [0.25, 0.3) is 0 Å². The molecule has 0 unspecified atom stereocenters. The molecule has 0 atom stereocenters. The normalized spacial score (nSPS) is 11.9. The molecule has 0 spiro atoms. The van der Waals surface area contributed by atoms with Gasteiger partial charge in [-0.15, -0.1) is 0 Å². The molecule has 0 aliphatic carbocycles. The zero-order valence-corrected chi connectivity index (χ0v) is 11.2. The number of hydrogen-bond acceptors (Lipinski definition) is 3. The van der Waals surface area contributed by atoms with Gasteiger partial charge in [0.2, 0.25) is 0 Å². The van der Waals surface area contributed by atoms with Crippen LogP contribution in [0.2, 0.25) is 10.3 Å². The third kappa shape index (κ3) is 4.56. The fourth-order valence-corrected chi connectivity index (χ4v) is 1.42. The Morgan fingerprint density at radius 1 is 1.19 bits per heavy atom. The smallest absolute Gasteiger partial charge is 0.364 e. The third-order valence-corrected chi connectivity index (χ3v) is 3.52. The fourth-order valence-electron chi connectivity index (χ4n) is 0.757. The van der Waals surface area contributed by atoms with E-state index in [0.717, 1.165) is 0 Å². The summed E-state index contributed by atoms with van der Waals surface area (Å²) in [5.74, 6) is 0.0136. The Morgan fingerprint density at radius 3 is 2.12 bits per heavy atom. The van der Waals surface area contributed by atoms with Crippen molar-refractivity contribution in [3.05, 3.63) is 19.7 Å². The van der Waals surface area contributed by atoms with E-state index in [4.69, 9.17) is 23.2 Å². The molecule has 1 aromatic rings. The topological polar surface area (TPSA) is 35.0 Å². The minimum absolute atomic E-state index is 0.0136. The summed E-state index contributed by atoms with van der Waals surface area (Å²) in [4.78, 5) is 7.45. The molecule has 0 N–H and O–H groups in total. The second-order valence-electron chi connectivity index (χ2n) is 2.64. The molecule has 1 heterocycles. The number of ether oxygens (including phenoxy) is 1. The van der Waals surface area contributed by atoms with Gasteiger partial charge in [-0.25, -0.2) is 9.97 Å². The predicted octanol–water partition coefficient (Wildman–Crippen LogP) is 3.47. The van der Waals surface area contributed by atoms with Gasteiger partial charge in [-0.1, -0.05) is 23.2 Å². The standard InChI is InChI=1S/C7H4Cl2F3IN2O/c8-5-4(13)6(9)15-3(14-5)1-16-2-7(10,11)12/h1-2H2. The van der Waals surface area contributed by atoms with Crippen molar-refractivity contribution in [1.82, 2.24) is 9.97 Å². The van der Waals surface area contributed by atoms with Crippen LogP contribution in [0.3, 0.4) is 0 Å². The maximum Gasteiger partial charge on any atom is 0.411 e. The summed E-state index contributed by atoms with van der Waals surface area (Å²) < 4.78 is 40.1. The van der Waals surface area contributed by atoms with Gasteiger partial charge in [-0.3, -0.25) is 0 Å². The number of hydrogen-bond donors (Lipinski definition) is 0. The van der Waals surface area contributed by atoms with Crippen LogP contribution in [0.15, 0.2) is 0 Å². The summed E-state index contributed by atoms with van der Waals surface area (Å²) in [5.41, 5.74) is 0. The highest BCUT2D eigenvalue weighted by molar-refractivity contribution is 14.1. The van der Waals surface area contributed by atoms with Crippen LogP contribution in [-0.4, -0.2) is 22.8 Å². The molecule has 16 heavy (non-hydrogen) atoms. The van der Waals surface area contributed by atoms with Crippen LogP contribution in [0, 0.1) is 3.57 Å². The van der Waals surface area contributed by atoms with Crippen molar-refractivity contribution in [3.63, 3.8) is 0 Å². The van der Waals surface area contributed by atoms with E-state index in [0.29, 0.717) is 3.57 Å². The molecule has 0 radical (unpaired) electrons. The second-order valence-corrected chi connectivity index (χ2v) is 4.44. The van der Waals surface area contributed by atoms with E-state index in [2.05, 4.69) is 14.7 Å². The zero-order valence-electron chi connectivity index (χ0n) is 7.48. The number of halogens is 6. The van der Waals surface area contributed by atoms with Gasteiger partial charge < -0.3 is 4.74 Å². The molecule has 0 aromatic carbocycles. The van der Waals surface area contributed by atoms with Gasteiger partial charge >= 0.3 is 6.18 Å². The van der Waals surface area contributed by atoms with Gasteiger partial charge in [-0.05, 0) is 22.6 Å². The molecule has 3 nitrogen and oxygen atoms in total. The van der Waals surface area contributed by atoms with E-state index in [1.165, 1.54) is 0 Å². The predicted molar refractivity (Wildman–Crippen MR) is 60.5 cm³/mol. The average molecular weight is 387 g/mol. The highest BCUT2D eigenvalue weighted by atomic mass is 127. The van der Waals surface area contributed by atoms with Crippen LogP contribution < -0.4 is 0 Å². The first-order chi connectivity index (χ1) is 7.29. The summed E-state index contributed by atoms with van der Waals surface area (Å²) in [6.07, 6.45) is -4.38. The number of rotatable bonds is 3. The third-order valence-electron chi connectivity index (χ3n) is 1.31. The second kappa shape index (κ2) is 5.65. The quantitative estimate of drug-likeness (QED) is 0.589. The Labute approximate surface area is 112 Å². The SMILES string of the molecule is FC(F)(F)COCc1nc(Cl)c(I)c(Cl)n1. The lowest BCUT2D eigenvalue weighted by Gasteiger charge is -2.07. The van der Waals surface area contributed by atoms with Crippen LogP contribution in [0.5, 0.6) is 0 Å². The lowest BCUT2D eigenvalue weighted by atomic mass is 10.5. The van der Waals surface area contributed by atoms with Crippen molar-refractivity contribution in [2.24, 2.45) is 0 Å². The molecule has 0 aliphatic heterocycles. The number of alkyl halides is 3. The van der Waals surface area contributed by atoms with Crippen molar-refractivity contribution in [1.29, 1.82) is 0 Å². The highest BCUT2D eigenvalue weighted by Gasteiger charge is 2.27. The number of nitrogens with zero attached hydrogens (tertiary/aromatic N) is 2. The maximum absolute atomic E-state index is 11.8. The average Bonchev–Trinajstić information content (AvgIpc) is 2.12. The monoisotopic (exact) mass is 386 g/mol. The number of aromatic nitrogens is 2. The maximum atomic E-state index is 11.8. The van der Waals surface area contributed by atoms with Crippen LogP contribution in [0.4, 0.5) is 13.2 Å². The van der Waals surface area contributed by atoms with Crippen LogP contribution in [0.1, 0.15) is 5.82 Å². The van der Waals surface area contributed by atoms with Gasteiger partial charge in [0.1, 0.15) is 23.5 Å². The molecule has 1 rings (SSSR count). The molecular weight excluding hydrogens is 383 g/mol. The molecule has 0 fully saturated rings. The Morgan fingerprint density at radius 2 is 1.69 bits per heavy atom. The van der Waals surface area contributed by atoms with E-state index in [1.807, 2.05) is 22.6 Å². The summed E-state index contributed by atoms with van der Waals surface area (Å²) in [6.45, 7) is -1.76. The van der Waals surface area contributed by atoms with Gasteiger partial charge in [0.05, 0.1) is 3.57 Å². The van der Waals surface area contributed by atoms with E-state index in [-0.39, 0.29) is 16.1 Å². The minimum atomic E-state index is -4.38. The first-order valence-electron chi connectivity index (χ1n) is 3.81. The summed E-state index contributed by atoms with van der Waals surface area (Å²) in [7, 11) is 0. The van der Waals surface area contributed by atoms with Crippen molar-refractivity contribution in [3.8, 4) is 0 Å². The van der Waals surface area contributed by atoms with E-state index in [1.54, 1.807) is 0 Å². The Hall–Kier alpha value is 0.140. The van der Waals surface area contributed by atoms with Crippen LogP contribution in [-0.2, 0) is 11.3 Å². The highest BCUT2D eigenvalue weighted by Crippen LogP contribution is 2.23. The first-order valence-corrected chi connectivity index (χ1v) is 5.65. The molecule has 0 aliphatic rings. The molecular formula is C7H4Cl2F3IN2O. The van der Waals surface area contributed by atoms with E-state index >= 15 is 0 Å². The lowest BCUT2D eigenvalue weighted by Crippen LogP contribution is -2.17. The summed E-state index contributed by atoms with van der Waals surface area (Å²) >= 11 is 13.2. The molecule has 0 bridgehead atoms. The van der Waals surface area contributed by atoms with E-state index < -0.39 is 19.4 Å². The molecule has 0 saturated heterocycles. The van der Waals surface area contributed by atoms with Crippen LogP contribution in [0.25, 0.3) is 0 Å². The van der Waals surface area contributed by atoms with E-state index in [9.17, 15) is 13.2 Å². The van der Waals surface area contributed by atoms with Crippen molar-refractivity contribution >= 4 is 45.8 Å². The fraction of sp³-hybridized carbons (Fsp3) is 0.429. The molecule has 0 amide bonds. The Bertz CT molecular complexity index is 365. The molecule has 1 aromatic heterocycles. The van der Waals surface area contributed by atoms with Crippen molar-refractivity contribution < 1.29 is 17.9 Å². The van der Waals surface area contributed by atoms with Gasteiger partial charge in [0, 0.05) is 0 Å². The van der Waals surface area contributed by atoms with Crippen molar-refractivity contribution in [2.45, 2.75) is 12.8 Å². The first kappa shape index (κ1) is 14.2. The molecule has 90 valence electrons. The minimum Gasteiger partial charge on any atom is -0.364 e. The van der Waals surface area contributed by atoms with Gasteiger partial charge in [-0.2, -0.15) is 13.2 Å². The van der Waals surface area contributed by atoms with Crippen LogP contribution >= 0.6 is 45.8 Å². The zero-order chi connectivity index (χ0) is 12.3. The summed E-state index contributed by atoms with van der Waals surface area (Å²) in [6, 6.07) is 0. The largest absolute Gasteiger partial charge is 0.411 e. The summed E-state index contributed by atoms with van der Waals surface area (Å²) in [5, 5.41) is 0.178. The van der Waals surface area contributed by atoms with Crippen molar-refractivity contribution in [2.75, 3.05) is 6.61 Å². The Kier molecular flexibility index (Phi) is 5.02. The Balaban J connectivity index is 2.62. The lowest BCUT2D eigenvalue weighted by molar-refractivity contribution is -0.177. The molecule has 0 saturated carbocycles. The van der Waals surface area contributed by atoms with Gasteiger partial charge in [0.15, 0.2) is 5.82 Å².